The van der Waals surface area contributed by atoms with Gasteiger partial charge in [0.1, 0.15) is 0 Å². The Kier molecular flexibility index (Phi) is 10.6. The zero-order chi connectivity index (χ0) is 19.0. The fraction of sp³-hybridized carbons (Fsp3) is 0.500. The molecule has 0 spiro atoms. The van der Waals surface area contributed by atoms with Gasteiger partial charge in [-0.3, -0.25) is 0 Å². The van der Waals surface area contributed by atoms with Crippen LogP contribution in [0.25, 0.3) is 0 Å². The topological polar surface area (TPSA) is 9.23 Å². The first-order valence-electron chi connectivity index (χ1n) is 9.47. The summed E-state index contributed by atoms with van der Waals surface area (Å²) in [6.45, 7) is 21.1. The quantitative estimate of drug-likeness (QED) is 0.416. The van der Waals surface area contributed by atoms with E-state index in [4.69, 9.17) is 3.32 Å². The molecule has 0 unspecified atom stereocenters. The Morgan fingerprint density at radius 2 is 1.52 bits per heavy atom. The summed E-state index contributed by atoms with van der Waals surface area (Å²) in [6, 6.07) is 7.00. The van der Waals surface area contributed by atoms with E-state index >= 15 is 0 Å². The molecule has 1 aliphatic rings. The Morgan fingerprint density at radius 3 is 2.00 bits per heavy atom. The van der Waals surface area contributed by atoms with Crippen LogP contribution in [-0.2, 0) is 17.5 Å². The maximum Gasteiger partial charge on any atom is -0.147 e. The molecular formula is C20H37Cl2OSi3Ti. The summed E-state index contributed by atoms with van der Waals surface area (Å²) in [5.74, 6) is 1.16. The summed E-state index contributed by atoms with van der Waals surface area (Å²) in [5, 5.41) is 3.22. The van der Waals surface area contributed by atoms with Gasteiger partial charge in [-0.05, 0) is 0 Å². The van der Waals surface area contributed by atoms with Crippen LogP contribution in [0.15, 0.2) is 39.4 Å². The van der Waals surface area contributed by atoms with Crippen molar-refractivity contribution in [2.45, 2.75) is 65.7 Å². The number of halogens is 2. The van der Waals surface area contributed by atoms with Gasteiger partial charge in [-0.15, -0.1) is 24.8 Å². The number of allylic oxidation sites excluding steroid dienone is 4. The molecule has 1 nitrogen and oxygen atoms in total. The number of aryl methyl sites for hydroxylation is 1. The third-order valence-corrected chi connectivity index (χ3v) is 19.5. The zero-order valence-electron chi connectivity index (χ0n) is 18.4. The summed E-state index contributed by atoms with van der Waals surface area (Å²) in [5.41, 5.74) is 1.35. The molecule has 1 aliphatic carbocycles. The van der Waals surface area contributed by atoms with Crippen molar-refractivity contribution in [2.75, 3.05) is 0 Å². The normalized spacial score (nSPS) is 14.1. The standard InChI is InChI=1S/C10H16OSi.C8H13Si.C2H7Si.2ClH.Ti/c1-8-5-9(11)7-10(6-8)12(2,3)4;1-9(2,3)8-6-4-5-7-8;1-3-2;;;/h5-7,11H,1-4H3;4,6H,5H2,1-3H3;3H,1-2H3;2*1H;/q;;;;;+1/p-1. The van der Waals surface area contributed by atoms with Crippen molar-refractivity contribution in [3.63, 3.8) is 0 Å². The van der Waals surface area contributed by atoms with E-state index in [-0.39, 0.29) is 24.8 Å². The van der Waals surface area contributed by atoms with Gasteiger partial charge >= 0.3 is 165 Å². The average Bonchev–Trinajstić information content (AvgIpc) is 2.92. The van der Waals surface area contributed by atoms with Crippen molar-refractivity contribution < 1.29 is 20.8 Å². The van der Waals surface area contributed by atoms with Gasteiger partial charge in [-0.2, -0.15) is 0 Å². The third-order valence-electron chi connectivity index (χ3n) is 4.71. The number of hydrogen-bond acceptors (Lipinski definition) is 1. The van der Waals surface area contributed by atoms with Gasteiger partial charge in [0.25, 0.3) is 0 Å². The predicted molar refractivity (Wildman–Crippen MR) is 132 cm³/mol. The predicted octanol–water partition coefficient (Wildman–Crippen LogP) is 6.37. The van der Waals surface area contributed by atoms with Crippen LogP contribution < -0.4 is 8.51 Å². The van der Waals surface area contributed by atoms with Crippen LogP contribution in [0.5, 0.6) is 5.75 Å². The average molecular weight is 497 g/mol. The van der Waals surface area contributed by atoms with E-state index < -0.39 is 40.3 Å². The van der Waals surface area contributed by atoms with Crippen LogP contribution in [0.3, 0.4) is 0 Å². The molecule has 1 aromatic rings. The first kappa shape index (κ1) is 27.4. The first-order valence-corrected chi connectivity index (χ1v) is 23.5. The molecule has 0 radical (unpaired) electrons. The summed E-state index contributed by atoms with van der Waals surface area (Å²) >= 11 is -1.66. The van der Waals surface area contributed by atoms with Gasteiger partial charge in [-0.25, -0.2) is 0 Å². The molecule has 0 aliphatic heterocycles. The molecule has 0 N–H and O–H groups in total. The molecule has 0 aromatic heterocycles. The molecule has 0 bridgehead atoms. The molecule has 0 saturated heterocycles. The molecule has 27 heavy (non-hydrogen) atoms. The number of hydrogen-bond donors (Lipinski definition) is 0. The Balaban J connectivity index is 0.00000338. The van der Waals surface area contributed by atoms with Crippen LogP contribution in [0.2, 0.25) is 52.4 Å². The summed E-state index contributed by atoms with van der Waals surface area (Å²) in [4.78, 5) is 0. The molecule has 2 rings (SSSR count). The van der Waals surface area contributed by atoms with Crippen molar-refractivity contribution >= 4 is 52.8 Å². The second-order valence-electron chi connectivity index (χ2n) is 9.65. The van der Waals surface area contributed by atoms with Gasteiger partial charge in [0, 0.05) is 0 Å². The fourth-order valence-electron chi connectivity index (χ4n) is 3.34. The largest absolute Gasteiger partial charge is 0.147 e. The van der Waals surface area contributed by atoms with Crippen LogP contribution in [0.1, 0.15) is 12.0 Å². The number of rotatable bonds is 6. The minimum atomic E-state index is -1.66. The van der Waals surface area contributed by atoms with Crippen molar-refractivity contribution in [1.82, 2.24) is 0 Å². The van der Waals surface area contributed by atoms with Crippen molar-refractivity contribution in [3.05, 3.63) is 45.0 Å². The summed E-state index contributed by atoms with van der Waals surface area (Å²) < 4.78 is 8.62. The number of benzene rings is 1. The minimum Gasteiger partial charge on any atom is -0.147 e. The summed E-state index contributed by atoms with van der Waals surface area (Å²) in [6.07, 6.45) is 5.98. The second-order valence-corrected chi connectivity index (χ2v) is 32.1. The van der Waals surface area contributed by atoms with E-state index in [2.05, 4.69) is 89.7 Å². The van der Waals surface area contributed by atoms with E-state index in [1.807, 2.05) is 0 Å². The van der Waals surface area contributed by atoms with Gasteiger partial charge in [0.2, 0.25) is 0 Å². The monoisotopic (exact) mass is 495 g/mol. The molecular weight excluding hydrogens is 459 g/mol. The van der Waals surface area contributed by atoms with Crippen LogP contribution in [0, 0.1) is 6.92 Å². The van der Waals surface area contributed by atoms with Crippen LogP contribution in [0.4, 0.5) is 0 Å². The van der Waals surface area contributed by atoms with Crippen molar-refractivity contribution in [1.29, 1.82) is 0 Å². The van der Waals surface area contributed by atoms with E-state index in [1.165, 1.54) is 10.8 Å². The summed E-state index contributed by atoms with van der Waals surface area (Å²) in [7, 11) is -2.60. The second kappa shape index (κ2) is 10.5. The molecule has 0 fully saturated rings. The van der Waals surface area contributed by atoms with Crippen molar-refractivity contribution in [2.24, 2.45) is 0 Å². The maximum atomic E-state index is 6.88. The zero-order valence-corrected chi connectivity index (χ0v) is 24.7. The van der Waals surface area contributed by atoms with Gasteiger partial charge < -0.3 is 0 Å². The Labute approximate surface area is 189 Å². The van der Waals surface area contributed by atoms with E-state index in [9.17, 15) is 0 Å². The van der Waals surface area contributed by atoms with Crippen LogP contribution in [-0.4, -0.2) is 22.8 Å². The smallest absolute Gasteiger partial charge is 0.147 e. The molecule has 0 heterocycles. The molecule has 1 aromatic carbocycles. The molecule has 153 valence electrons. The van der Waals surface area contributed by atoms with Gasteiger partial charge in [-0.1, -0.05) is 0 Å². The molecule has 0 amide bonds. The van der Waals surface area contributed by atoms with Crippen LogP contribution >= 0.6 is 24.8 Å². The van der Waals surface area contributed by atoms with Crippen molar-refractivity contribution in [3.8, 4) is 5.75 Å². The SMILES string of the molecule is Cc1cc([O][Ti]([C]2=C([Si](C)(C)C)C=CC2)[SiH](C)C)cc([Si](C)(C)C)c1.Cl.Cl. The maximum absolute atomic E-state index is 6.88. The molecule has 0 saturated carbocycles. The van der Waals surface area contributed by atoms with Gasteiger partial charge in [0.05, 0.1) is 0 Å². The minimum absolute atomic E-state index is 0. The van der Waals surface area contributed by atoms with E-state index in [1.54, 1.807) is 9.07 Å². The first-order chi connectivity index (χ1) is 11.4. The molecule has 7 heteroatoms. The molecule has 0 atom stereocenters. The van der Waals surface area contributed by atoms with E-state index in [0.29, 0.717) is 0 Å². The Morgan fingerprint density at radius 1 is 0.926 bits per heavy atom. The third kappa shape index (κ3) is 7.33. The Bertz CT molecular complexity index is 704. The Hall–Kier alpha value is 0.445. The van der Waals surface area contributed by atoms with E-state index in [0.717, 1.165) is 12.2 Å². The fourth-order valence-corrected chi connectivity index (χ4v) is 17.9. The van der Waals surface area contributed by atoms with Gasteiger partial charge in [0.15, 0.2) is 0 Å².